The van der Waals surface area contributed by atoms with Crippen molar-refractivity contribution in [1.29, 1.82) is 0 Å². The minimum atomic E-state index is -0.216. The van der Waals surface area contributed by atoms with Gasteiger partial charge in [0.15, 0.2) is 0 Å². The van der Waals surface area contributed by atoms with Crippen molar-refractivity contribution in [3.63, 3.8) is 0 Å². The molecule has 4 nitrogen and oxygen atoms in total. The Morgan fingerprint density at radius 1 is 1.53 bits per heavy atom. The van der Waals surface area contributed by atoms with Crippen molar-refractivity contribution < 1.29 is 14.4 Å². The van der Waals surface area contributed by atoms with Crippen LogP contribution in [0.4, 0.5) is 0 Å². The monoisotopic (exact) mass is 215 g/mol. The zero-order chi connectivity index (χ0) is 11.3. The maximum atomic E-state index is 11.5. The highest BCUT2D eigenvalue weighted by Crippen LogP contribution is 2.23. The van der Waals surface area contributed by atoms with Crippen molar-refractivity contribution in [3.05, 3.63) is 0 Å². The van der Waals surface area contributed by atoms with Crippen LogP contribution in [-0.2, 0) is 14.4 Å². The van der Waals surface area contributed by atoms with E-state index < -0.39 is 0 Å². The van der Waals surface area contributed by atoms with Gasteiger partial charge in [0.05, 0.1) is 12.7 Å². The normalized spacial score (nSPS) is 26.9. The number of esters is 1. The van der Waals surface area contributed by atoms with E-state index in [1.807, 2.05) is 6.92 Å². The van der Waals surface area contributed by atoms with Gasteiger partial charge in [-0.1, -0.05) is 19.8 Å². The van der Waals surface area contributed by atoms with Crippen molar-refractivity contribution in [1.82, 2.24) is 5.06 Å². The summed E-state index contributed by atoms with van der Waals surface area (Å²) in [5.74, 6) is -0.168. The van der Waals surface area contributed by atoms with Crippen LogP contribution in [-0.4, -0.2) is 36.8 Å². The summed E-state index contributed by atoms with van der Waals surface area (Å²) in [6, 6.07) is -0.216. The average Bonchev–Trinajstić information content (AvgIpc) is 2.57. The summed E-state index contributed by atoms with van der Waals surface area (Å²) in [6.45, 7) is 4.41. The Labute approximate surface area is 91.5 Å². The van der Waals surface area contributed by atoms with Gasteiger partial charge in [-0.2, -0.15) is 5.06 Å². The van der Waals surface area contributed by atoms with E-state index in [0.717, 1.165) is 25.7 Å². The van der Waals surface area contributed by atoms with Crippen LogP contribution in [0.15, 0.2) is 0 Å². The third kappa shape index (κ3) is 3.47. The maximum absolute atomic E-state index is 11.5. The van der Waals surface area contributed by atoms with Crippen molar-refractivity contribution in [2.45, 2.75) is 51.7 Å². The molecule has 1 aliphatic heterocycles. The van der Waals surface area contributed by atoms with Crippen LogP contribution in [0.25, 0.3) is 0 Å². The first-order valence-electron chi connectivity index (χ1n) is 5.75. The lowest BCUT2D eigenvalue weighted by atomic mass is 10.1. The number of likely N-dealkylation sites (N-methyl/N-ethyl adjacent to an activating group) is 1. The zero-order valence-electron chi connectivity index (χ0n) is 9.86. The molecule has 0 amide bonds. The fraction of sp³-hybridized carbons (Fsp3) is 0.909. The summed E-state index contributed by atoms with van der Waals surface area (Å²) in [5, 5.41) is 1.64. The van der Waals surface area contributed by atoms with Gasteiger partial charge in [-0.15, -0.1) is 0 Å². The number of rotatable bonds is 5. The third-order valence-corrected chi connectivity index (χ3v) is 2.68. The molecule has 0 saturated carbocycles. The molecule has 1 fully saturated rings. The lowest BCUT2D eigenvalue weighted by Crippen LogP contribution is -2.33. The Bertz CT molecular complexity index is 208. The standard InChI is InChI=1S/C11H21NO3/c1-4-6-7-9-8-10(12(3)15-9)11(13)14-5-2/h9-10H,4-8H2,1-3H3/t9-,10-/m1/s1. The largest absolute Gasteiger partial charge is 0.465 e. The number of carbonyl (C=O) groups excluding carboxylic acids is 1. The molecule has 0 aliphatic carbocycles. The van der Waals surface area contributed by atoms with Crippen LogP contribution in [0.3, 0.4) is 0 Å². The highest BCUT2D eigenvalue weighted by Gasteiger charge is 2.36. The van der Waals surface area contributed by atoms with Crippen molar-refractivity contribution >= 4 is 5.97 Å². The average molecular weight is 215 g/mol. The molecule has 1 rings (SSSR count). The van der Waals surface area contributed by atoms with Gasteiger partial charge in [-0.3, -0.25) is 9.63 Å². The summed E-state index contributed by atoms with van der Waals surface area (Å²) < 4.78 is 4.99. The van der Waals surface area contributed by atoms with E-state index in [4.69, 9.17) is 9.57 Å². The molecule has 0 bridgehead atoms. The number of ether oxygens (including phenoxy) is 1. The first-order chi connectivity index (χ1) is 7.19. The van der Waals surface area contributed by atoms with Gasteiger partial charge in [0.1, 0.15) is 6.04 Å². The third-order valence-electron chi connectivity index (χ3n) is 2.68. The molecule has 4 heteroatoms. The number of hydrogen-bond donors (Lipinski definition) is 0. The number of hydroxylamine groups is 2. The lowest BCUT2D eigenvalue weighted by Gasteiger charge is -2.15. The molecular formula is C11H21NO3. The molecule has 1 aliphatic rings. The molecule has 1 saturated heterocycles. The highest BCUT2D eigenvalue weighted by molar-refractivity contribution is 5.75. The molecule has 0 radical (unpaired) electrons. The van der Waals surface area contributed by atoms with E-state index in [0.29, 0.717) is 6.61 Å². The molecule has 15 heavy (non-hydrogen) atoms. The summed E-state index contributed by atoms with van der Waals surface area (Å²) in [5.41, 5.74) is 0. The highest BCUT2D eigenvalue weighted by atomic mass is 16.7. The Hall–Kier alpha value is -0.610. The fourth-order valence-electron chi connectivity index (χ4n) is 1.83. The van der Waals surface area contributed by atoms with Gasteiger partial charge < -0.3 is 4.74 Å². The minimum absolute atomic E-state index is 0.168. The molecule has 0 aromatic carbocycles. The summed E-state index contributed by atoms with van der Waals surface area (Å²) in [7, 11) is 1.80. The van der Waals surface area contributed by atoms with E-state index in [2.05, 4.69) is 6.92 Å². The van der Waals surface area contributed by atoms with Gasteiger partial charge in [0.2, 0.25) is 0 Å². The zero-order valence-corrected chi connectivity index (χ0v) is 9.86. The quantitative estimate of drug-likeness (QED) is 0.655. The van der Waals surface area contributed by atoms with Crippen LogP contribution in [0.2, 0.25) is 0 Å². The molecule has 0 N–H and O–H groups in total. The predicted molar refractivity (Wildman–Crippen MR) is 57.2 cm³/mol. The van der Waals surface area contributed by atoms with E-state index in [-0.39, 0.29) is 18.1 Å². The van der Waals surface area contributed by atoms with Crippen LogP contribution in [0.1, 0.15) is 39.5 Å². The first-order valence-corrected chi connectivity index (χ1v) is 5.75. The van der Waals surface area contributed by atoms with Crippen molar-refractivity contribution in [2.75, 3.05) is 13.7 Å². The number of carbonyl (C=O) groups is 1. The lowest BCUT2D eigenvalue weighted by molar-refractivity contribution is -0.172. The van der Waals surface area contributed by atoms with Crippen molar-refractivity contribution in [2.24, 2.45) is 0 Å². The summed E-state index contributed by atoms with van der Waals surface area (Å²) in [4.78, 5) is 17.1. The van der Waals surface area contributed by atoms with Crippen LogP contribution < -0.4 is 0 Å². The molecule has 0 spiro atoms. The second-order valence-corrected chi connectivity index (χ2v) is 3.92. The van der Waals surface area contributed by atoms with E-state index in [9.17, 15) is 4.79 Å². The van der Waals surface area contributed by atoms with Crippen LogP contribution in [0.5, 0.6) is 0 Å². The van der Waals surface area contributed by atoms with E-state index in [1.165, 1.54) is 0 Å². The smallest absolute Gasteiger partial charge is 0.325 e. The summed E-state index contributed by atoms with van der Waals surface area (Å²) >= 11 is 0. The second-order valence-electron chi connectivity index (χ2n) is 3.92. The van der Waals surface area contributed by atoms with Gasteiger partial charge in [-0.05, 0) is 13.3 Å². The topological polar surface area (TPSA) is 38.8 Å². The number of hydrogen-bond acceptors (Lipinski definition) is 4. The van der Waals surface area contributed by atoms with Crippen LogP contribution in [0, 0.1) is 0 Å². The van der Waals surface area contributed by atoms with Crippen LogP contribution >= 0.6 is 0 Å². The minimum Gasteiger partial charge on any atom is -0.465 e. The molecular weight excluding hydrogens is 194 g/mol. The van der Waals surface area contributed by atoms with Crippen molar-refractivity contribution in [3.8, 4) is 0 Å². The SMILES string of the molecule is CCCC[C@@H]1C[C@H](C(=O)OCC)N(C)O1. The Balaban J connectivity index is 2.38. The Morgan fingerprint density at radius 3 is 2.87 bits per heavy atom. The molecule has 0 aromatic heterocycles. The molecule has 0 aromatic rings. The molecule has 1 heterocycles. The predicted octanol–water partition coefficient (Wildman–Crippen LogP) is 1.74. The van der Waals surface area contributed by atoms with E-state index in [1.54, 1.807) is 12.1 Å². The van der Waals surface area contributed by atoms with Gasteiger partial charge >= 0.3 is 5.97 Å². The number of unbranched alkanes of at least 4 members (excludes halogenated alkanes) is 1. The molecule has 0 unspecified atom stereocenters. The van der Waals surface area contributed by atoms with Gasteiger partial charge in [-0.25, -0.2) is 0 Å². The first kappa shape index (κ1) is 12.5. The Morgan fingerprint density at radius 2 is 2.27 bits per heavy atom. The van der Waals surface area contributed by atoms with Gasteiger partial charge in [0.25, 0.3) is 0 Å². The Kier molecular flexibility index (Phi) is 5.05. The molecule has 2 atom stereocenters. The number of nitrogens with zero attached hydrogens (tertiary/aromatic N) is 1. The fourth-order valence-corrected chi connectivity index (χ4v) is 1.83. The maximum Gasteiger partial charge on any atom is 0.325 e. The summed E-state index contributed by atoms with van der Waals surface area (Å²) in [6.07, 6.45) is 4.28. The van der Waals surface area contributed by atoms with E-state index >= 15 is 0 Å². The molecule has 88 valence electrons. The second kappa shape index (κ2) is 6.08. The van der Waals surface area contributed by atoms with Gasteiger partial charge in [0, 0.05) is 13.5 Å².